The van der Waals surface area contributed by atoms with Crippen LogP contribution in [0, 0.1) is 11.8 Å². The number of amides is 2. The van der Waals surface area contributed by atoms with E-state index < -0.39 is 85.1 Å². The largest absolute Gasteiger partial charge is 0.497 e. The minimum absolute atomic E-state index is 0.0562. The van der Waals surface area contributed by atoms with Crippen LogP contribution < -0.4 is 23.7 Å². The smallest absolute Gasteiger partial charge is 0.411 e. The zero-order chi connectivity index (χ0) is 79.6. The zero-order valence-corrected chi connectivity index (χ0v) is 70.7. The molecule has 25 nitrogen and oxygen atoms in total. The van der Waals surface area contributed by atoms with Gasteiger partial charge in [0.15, 0.2) is 22.4 Å². The van der Waals surface area contributed by atoms with Gasteiger partial charge in [-0.1, -0.05) is 77.3 Å². The second-order valence-electron chi connectivity index (χ2n) is 35.0. The van der Waals surface area contributed by atoms with E-state index in [2.05, 4.69) is 100 Å². The van der Waals surface area contributed by atoms with Gasteiger partial charge in [-0.25, -0.2) is 37.6 Å². The molecule has 6 aromatic rings. The Hall–Kier alpha value is -7.93. The second-order valence-corrected chi connectivity index (χ2v) is 46.5. The first kappa shape index (κ1) is 83.5. The van der Waals surface area contributed by atoms with E-state index in [-0.39, 0.29) is 40.5 Å². The van der Waals surface area contributed by atoms with Gasteiger partial charge in [0.2, 0.25) is 9.84 Å². The number of tetrazole rings is 1. The van der Waals surface area contributed by atoms with Crippen LogP contribution in [-0.4, -0.2) is 190 Å². The van der Waals surface area contributed by atoms with Crippen molar-refractivity contribution in [3.8, 4) is 34.6 Å². The minimum Gasteiger partial charge on any atom is -0.497 e. The standard InChI is InChI=1S/C37H54N2O7Si.C24H30N2O7.C20H32N4O3SSi/c1-35(2,3)45-34(41)39-23-37(22-30(39)33(40)43-8)19-18-26-27-21-25(42-7)16-17-28(27)38-29(32(26)44-37)15-13-11-12-14-24-20-31(24)46-47(9,10)36(4,5)6;1-23(2,3)33-22(28)26-13-24(12-18(26)21(27)31-6)10-9-15-16-11-14(29-4)7-8-17(16)25-20(30-5)19(15)32-24;1-20(2,3)29(4,5)27-18-15-16(18)11-9-10-14-28(25,26)19-21-22-23-24(19)17-12-7-6-8-13-17/h13,15-17,21,24,30-31H,11-12,14,18-20,22-23H2,1-10H3;7-8,11,18H,9-10,12-13H2,1-6H3;6-8,12-13,16,18H,9-11,14-15H2,1-5H3/t24-,30+,31-,37-;18-,24+;16-,18-/m101/s1. The Morgan fingerprint density at radius 2 is 1.08 bits per heavy atom. The average Bonchev–Trinajstić information content (AvgIpc) is 1.70. The van der Waals surface area contributed by atoms with Crippen LogP contribution in [0.15, 0.2) is 78.0 Å². The number of carbonyl (C=O) groups excluding carboxylic acids is 4. The summed E-state index contributed by atoms with van der Waals surface area (Å²) in [5.74, 6) is 3.38. The molecule has 28 heteroatoms. The molecule has 0 N–H and O–H groups in total. The summed E-state index contributed by atoms with van der Waals surface area (Å²) >= 11 is 0. The Balaban J connectivity index is 0.000000181. The predicted octanol–water partition coefficient (Wildman–Crippen LogP) is 15.6. The highest BCUT2D eigenvalue weighted by Gasteiger charge is 2.56. The molecule has 7 heterocycles. The number of aromatic nitrogens is 6. The summed E-state index contributed by atoms with van der Waals surface area (Å²) in [5, 5.41) is 13.4. The van der Waals surface area contributed by atoms with Crippen LogP contribution in [0.4, 0.5) is 9.59 Å². The Morgan fingerprint density at radius 3 is 1.55 bits per heavy atom. The van der Waals surface area contributed by atoms with E-state index in [4.69, 9.17) is 56.5 Å². The van der Waals surface area contributed by atoms with Gasteiger partial charge < -0.3 is 51.5 Å². The number of rotatable bonds is 21. The normalized spacial score (nSPS) is 22.5. The summed E-state index contributed by atoms with van der Waals surface area (Å²) in [6, 6.07) is 19.1. The van der Waals surface area contributed by atoms with Gasteiger partial charge in [-0.05, 0) is 225 Å². The third-order valence-corrected chi connectivity index (χ3v) is 33.0. The zero-order valence-electron chi connectivity index (χ0n) is 67.9. The molecule has 2 saturated carbocycles. The molecule has 0 radical (unpaired) electrons. The molecule has 2 aliphatic carbocycles. The number of sulfone groups is 1. The Bertz CT molecular complexity index is 4420. The van der Waals surface area contributed by atoms with Crippen LogP contribution in [0.5, 0.6) is 28.9 Å². The fraction of sp³-hybridized carbons (Fsp3) is 0.617. The number of nitrogens with zero attached hydrogens (tertiary/aromatic N) is 8. The maximum Gasteiger partial charge on any atom is 0.411 e. The van der Waals surface area contributed by atoms with Crippen molar-refractivity contribution in [2.75, 3.05) is 54.4 Å². The molecule has 4 fully saturated rings. The first-order chi connectivity index (χ1) is 51.1. The van der Waals surface area contributed by atoms with Gasteiger partial charge >= 0.3 is 24.1 Å². The van der Waals surface area contributed by atoms with E-state index in [1.54, 1.807) is 54.2 Å². The number of methoxy groups -OCH3 is 5. The number of esters is 2. The molecular weight excluding hydrogens is 1450 g/mol. The Kier molecular flexibility index (Phi) is 25.1. The lowest BCUT2D eigenvalue weighted by molar-refractivity contribution is -0.146. The molecule has 0 unspecified atom stereocenters. The van der Waals surface area contributed by atoms with Crippen LogP contribution in [0.1, 0.15) is 177 Å². The van der Waals surface area contributed by atoms with Crippen LogP contribution in [0.25, 0.3) is 33.6 Å². The van der Waals surface area contributed by atoms with Crippen LogP contribution in [-0.2, 0) is 60.1 Å². The molecule has 3 aromatic heterocycles. The van der Waals surface area contributed by atoms with Crippen molar-refractivity contribution in [1.82, 2.24) is 40.0 Å². The van der Waals surface area contributed by atoms with Gasteiger partial charge in [0.25, 0.3) is 11.0 Å². The SMILES string of the molecule is CC(C)(C)[Si](C)(C)O[C@@H]1C[C@H]1CCCCS(=O)(=O)c1nnnn1-c1ccccc1.COC(=O)[C@@H]1C[C@]2(CCc3c(c(C=CCCC[C@@H]4C[C@H]4O[Si](C)(C)C(C)(C)C)nc4ccc(OC)cc34)O2)CN1C(=O)OC(C)(C)C.COC(=O)[C@@H]1C[C@]2(CCc3c(c(OC)nc4ccc(OC)cc34)O2)CN1C(=O)OC(C)(C)C. The third kappa shape index (κ3) is 19.9. The van der Waals surface area contributed by atoms with Gasteiger partial charge in [0.1, 0.15) is 57.4 Å². The molecule has 2 saturated heterocycles. The summed E-state index contributed by atoms with van der Waals surface area (Å²) in [6.45, 7) is 34.1. The van der Waals surface area contributed by atoms with Crippen molar-refractivity contribution < 1.29 is 79.1 Å². The number of para-hydroxylation sites is 1. The maximum absolute atomic E-state index is 13.3. The van der Waals surface area contributed by atoms with Gasteiger partial charge in [-0.2, -0.15) is 4.68 Å². The van der Waals surface area contributed by atoms with Crippen molar-refractivity contribution in [2.45, 2.75) is 261 Å². The highest BCUT2D eigenvalue weighted by molar-refractivity contribution is 7.91. The Morgan fingerprint density at radius 1 is 0.606 bits per heavy atom. The summed E-state index contributed by atoms with van der Waals surface area (Å²) in [6.07, 6.45) is 15.0. The molecular formula is C81H116N8O17SSi2. The first-order valence-electron chi connectivity index (χ1n) is 38.2. The summed E-state index contributed by atoms with van der Waals surface area (Å²) in [7, 11) is 0.481. The van der Waals surface area contributed by atoms with E-state index in [0.717, 1.165) is 88.7 Å². The number of unbranched alkanes of at least 4 members (excludes halogenated alkanes) is 2. The fourth-order valence-electron chi connectivity index (χ4n) is 14.2. The molecule has 596 valence electrons. The van der Waals surface area contributed by atoms with E-state index in [1.165, 1.54) is 35.1 Å². The minimum atomic E-state index is -3.53. The topological polar surface area (TPSA) is 280 Å². The molecule has 12 rings (SSSR count). The number of allylic oxidation sites excluding steroid dienone is 1. The van der Waals surface area contributed by atoms with Crippen molar-refractivity contribution in [3.05, 3.63) is 89.6 Å². The average molecular weight is 1560 g/mol. The lowest BCUT2D eigenvalue weighted by Gasteiger charge is -2.36. The van der Waals surface area contributed by atoms with Crippen molar-refractivity contribution in [2.24, 2.45) is 11.8 Å². The number of hydrogen-bond acceptors (Lipinski definition) is 22. The number of carbonyl (C=O) groups is 4. The fourth-order valence-corrected chi connectivity index (χ4v) is 18.3. The van der Waals surface area contributed by atoms with Gasteiger partial charge in [0, 0.05) is 46.9 Å². The summed E-state index contributed by atoms with van der Waals surface area (Å²) < 4.78 is 91.0. The number of pyridine rings is 2. The first-order valence-corrected chi connectivity index (χ1v) is 45.7. The molecule has 109 heavy (non-hydrogen) atoms. The molecule has 0 bridgehead atoms. The van der Waals surface area contributed by atoms with Gasteiger partial charge in [0.05, 0.1) is 71.1 Å². The maximum atomic E-state index is 13.3. The molecule has 2 spiro atoms. The lowest BCUT2D eigenvalue weighted by atomic mass is 9.87. The number of hydrogen-bond donors (Lipinski definition) is 0. The molecule has 8 atom stereocenters. The monoisotopic (exact) mass is 1560 g/mol. The van der Waals surface area contributed by atoms with E-state index in [9.17, 15) is 27.6 Å². The highest BCUT2D eigenvalue weighted by Crippen LogP contribution is 2.51. The van der Waals surface area contributed by atoms with Crippen molar-refractivity contribution in [1.29, 1.82) is 0 Å². The summed E-state index contributed by atoms with van der Waals surface area (Å²) in [4.78, 5) is 64.2. The predicted molar refractivity (Wildman–Crippen MR) is 422 cm³/mol. The number of aryl methyl sites for hydroxylation is 2. The molecule has 2 amide bonds. The van der Waals surface area contributed by atoms with Gasteiger partial charge in [-0.3, -0.25) is 9.80 Å². The number of ether oxygens (including phenoxy) is 9. The number of likely N-dealkylation sites (tertiary alicyclic amines) is 2. The number of fused-ring (bicyclic) bond motifs is 6. The van der Waals surface area contributed by atoms with Gasteiger partial charge in [-0.15, -0.1) is 0 Å². The van der Waals surface area contributed by atoms with Crippen LogP contribution in [0.3, 0.4) is 0 Å². The Labute approximate surface area is 645 Å². The second kappa shape index (κ2) is 32.8. The van der Waals surface area contributed by atoms with Crippen molar-refractivity contribution in [3.63, 3.8) is 0 Å². The molecule has 3 aromatic carbocycles. The molecule has 6 aliphatic rings. The van der Waals surface area contributed by atoms with Crippen LogP contribution in [0.2, 0.25) is 36.3 Å². The van der Waals surface area contributed by atoms with Crippen molar-refractivity contribution >= 4 is 78.5 Å². The molecule has 4 aliphatic heterocycles. The summed E-state index contributed by atoms with van der Waals surface area (Å²) in [5.41, 5.74) is 2.12. The van der Waals surface area contributed by atoms with Crippen LogP contribution >= 0.6 is 0 Å². The van der Waals surface area contributed by atoms with E-state index >= 15 is 0 Å². The lowest BCUT2D eigenvalue weighted by Crippen LogP contribution is -2.46. The van der Waals surface area contributed by atoms with E-state index in [1.807, 2.05) is 75.4 Å². The quantitative estimate of drug-likeness (QED) is 0.0280. The third-order valence-electron chi connectivity index (χ3n) is 22.4. The number of benzene rings is 3. The highest BCUT2D eigenvalue weighted by atomic mass is 32.2. The van der Waals surface area contributed by atoms with E-state index in [0.29, 0.717) is 85.6 Å².